The molecule has 0 radical (unpaired) electrons. The molecule has 1 aromatic carbocycles. The highest BCUT2D eigenvalue weighted by Crippen LogP contribution is 2.42. The van der Waals surface area contributed by atoms with Crippen molar-refractivity contribution in [3.05, 3.63) is 53.5 Å². The lowest BCUT2D eigenvalue weighted by molar-refractivity contribution is -0.113. The maximum atomic E-state index is 12.4. The summed E-state index contributed by atoms with van der Waals surface area (Å²) in [4.78, 5) is 27.3. The van der Waals surface area contributed by atoms with Gasteiger partial charge in [0.05, 0.1) is 28.2 Å². The average molecular weight is 451 g/mol. The Morgan fingerprint density at radius 1 is 1.23 bits per heavy atom. The summed E-state index contributed by atoms with van der Waals surface area (Å²) in [5.74, 6) is 0.218. The molecule has 6 nitrogen and oxygen atoms in total. The highest BCUT2D eigenvalue weighted by atomic mass is 32.2. The van der Waals surface area contributed by atoms with E-state index >= 15 is 0 Å². The van der Waals surface area contributed by atoms with Crippen LogP contribution in [-0.2, 0) is 22.6 Å². The molecule has 1 N–H and O–H groups in total. The SMILES string of the molecule is Cc1nc2sc3c(SCC(=O)Nc4ccccc4)ncnc3c2c2c1COC(C)(C)C2. The first-order chi connectivity index (χ1) is 14.9. The predicted molar refractivity (Wildman–Crippen MR) is 126 cm³/mol. The molecule has 0 atom stereocenters. The maximum absolute atomic E-state index is 12.4. The van der Waals surface area contributed by atoms with E-state index in [1.165, 1.54) is 22.9 Å². The smallest absolute Gasteiger partial charge is 0.234 e. The number of anilines is 1. The standard InChI is InChI=1S/C23H22N4O2S2/c1-13-16-10-29-23(2,3)9-15(16)18-19-20(31-21(18)26-13)22(25-12-24-19)30-11-17(28)27-14-7-5-4-6-8-14/h4-8,12H,9-11H2,1-3H3,(H,27,28). The molecule has 0 saturated heterocycles. The molecule has 1 aliphatic rings. The van der Waals surface area contributed by atoms with E-state index in [1.54, 1.807) is 17.7 Å². The number of ether oxygens (including phenoxy) is 1. The van der Waals surface area contributed by atoms with Crippen LogP contribution in [0.4, 0.5) is 5.69 Å². The molecule has 5 rings (SSSR count). The van der Waals surface area contributed by atoms with Gasteiger partial charge in [0.15, 0.2) is 0 Å². The number of rotatable bonds is 4. The number of para-hydroxylation sites is 1. The number of pyridine rings is 1. The van der Waals surface area contributed by atoms with Gasteiger partial charge in [0.1, 0.15) is 16.2 Å². The molecule has 8 heteroatoms. The summed E-state index contributed by atoms with van der Waals surface area (Å²) in [6, 6.07) is 9.47. The summed E-state index contributed by atoms with van der Waals surface area (Å²) in [7, 11) is 0. The Morgan fingerprint density at radius 3 is 2.84 bits per heavy atom. The van der Waals surface area contributed by atoms with E-state index in [9.17, 15) is 4.79 Å². The minimum absolute atomic E-state index is 0.0608. The van der Waals surface area contributed by atoms with Crippen LogP contribution in [0.2, 0.25) is 0 Å². The second-order valence-electron chi connectivity index (χ2n) is 8.22. The first-order valence-electron chi connectivity index (χ1n) is 10.1. The van der Waals surface area contributed by atoms with Crippen LogP contribution in [-0.4, -0.2) is 32.2 Å². The van der Waals surface area contributed by atoms with Crippen molar-refractivity contribution in [3.63, 3.8) is 0 Å². The van der Waals surface area contributed by atoms with Gasteiger partial charge in [-0.3, -0.25) is 4.79 Å². The zero-order valence-electron chi connectivity index (χ0n) is 17.6. The summed E-state index contributed by atoms with van der Waals surface area (Å²) in [5.41, 5.74) is 4.95. The second-order valence-corrected chi connectivity index (χ2v) is 10.2. The van der Waals surface area contributed by atoms with Crippen molar-refractivity contribution >= 4 is 55.1 Å². The quantitative estimate of drug-likeness (QED) is 0.343. The van der Waals surface area contributed by atoms with Gasteiger partial charge in [-0.15, -0.1) is 11.3 Å². The van der Waals surface area contributed by atoms with Gasteiger partial charge in [-0.05, 0) is 38.5 Å². The van der Waals surface area contributed by atoms with Crippen molar-refractivity contribution in [3.8, 4) is 0 Å². The van der Waals surface area contributed by atoms with Gasteiger partial charge in [-0.25, -0.2) is 15.0 Å². The molecule has 0 spiro atoms. The number of thioether (sulfide) groups is 1. The number of carbonyl (C=O) groups excluding carboxylic acids is 1. The third-order valence-electron chi connectivity index (χ3n) is 5.40. The van der Waals surface area contributed by atoms with Crippen LogP contribution in [0, 0.1) is 6.92 Å². The Bertz CT molecular complexity index is 1300. The van der Waals surface area contributed by atoms with Crippen LogP contribution in [0.5, 0.6) is 0 Å². The van der Waals surface area contributed by atoms with E-state index in [0.29, 0.717) is 6.61 Å². The lowest BCUT2D eigenvalue weighted by Gasteiger charge is -2.32. The third-order valence-corrected chi connectivity index (χ3v) is 7.60. The molecule has 1 aliphatic heterocycles. The van der Waals surface area contributed by atoms with Crippen LogP contribution in [0.3, 0.4) is 0 Å². The van der Waals surface area contributed by atoms with Gasteiger partial charge >= 0.3 is 0 Å². The van der Waals surface area contributed by atoms with Crippen LogP contribution in [0.15, 0.2) is 41.7 Å². The fraction of sp³-hybridized carbons (Fsp3) is 0.304. The third kappa shape index (κ3) is 3.91. The molecule has 4 heterocycles. The van der Waals surface area contributed by atoms with Crippen molar-refractivity contribution in [2.75, 3.05) is 11.1 Å². The molecule has 158 valence electrons. The lowest BCUT2D eigenvalue weighted by Crippen LogP contribution is -2.32. The topological polar surface area (TPSA) is 77.0 Å². The van der Waals surface area contributed by atoms with Gasteiger partial charge in [0.25, 0.3) is 0 Å². The zero-order valence-corrected chi connectivity index (χ0v) is 19.2. The number of thiophene rings is 1. The van der Waals surface area contributed by atoms with Crippen LogP contribution in [0.25, 0.3) is 20.4 Å². The van der Waals surface area contributed by atoms with Crippen LogP contribution < -0.4 is 5.32 Å². The highest BCUT2D eigenvalue weighted by molar-refractivity contribution is 8.00. The molecule has 0 bridgehead atoms. The minimum Gasteiger partial charge on any atom is -0.370 e. The van der Waals surface area contributed by atoms with Crippen molar-refractivity contribution in [2.45, 2.75) is 44.4 Å². The molecule has 1 amide bonds. The van der Waals surface area contributed by atoms with Gasteiger partial charge in [-0.1, -0.05) is 30.0 Å². The van der Waals surface area contributed by atoms with E-state index in [0.717, 1.165) is 43.3 Å². The highest BCUT2D eigenvalue weighted by Gasteiger charge is 2.31. The van der Waals surface area contributed by atoms with Crippen molar-refractivity contribution in [2.24, 2.45) is 0 Å². The molecule has 0 aliphatic carbocycles. The fourth-order valence-corrected chi connectivity index (χ4v) is 5.98. The first-order valence-corrected chi connectivity index (χ1v) is 11.9. The number of aryl methyl sites for hydroxylation is 1. The Kier molecular flexibility index (Phi) is 5.16. The molecule has 4 aromatic rings. The molecular formula is C23H22N4O2S2. The monoisotopic (exact) mass is 450 g/mol. The number of carbonyl (C=O) groups is 1. The Hall–Kier alpha value is -2.55. The Morgan fingerprint density at radius 2 is 2.03 bits per heavy atom. The number of hydrogen-bond donors (Lipinski definition) is 1. The number of benzene rings is 1. The van der Waals surface area contributed by atoms with E-state index in [-0.39, 0.29) is 17.3 Å². The van der Waals surface area contributed by atoms with E-state index in [1.807, 2.05) is 37.3 Å². The molecule has 0 unspecified atom stereocenters. The largest absolute Gasteiger partial charge is 0.370 e. The van der Waals surface area contributed by atoms with Gasteiger partial charge in [-0.2, -0.15) is 0 Å². The summed E-state index contributed by atoms with van der Waals surface area (Å²) in [6.07, 6.45) is 2.41. The van der Waals surface area contributed by atoms with Gasteiger partial charge in [0.2, 0.25) is 5.91 Å². The lowest BCUT2D eigenvalue weighted by atomic mass is 9.89. The summed E-state index contributed by atoms with van der Waals surface area (Å²) >= 11 is 3.03. The average Bonchev–Trinajstić information content (AvgIpc) is 3.11. The zero-order chi connectivity index (χ0) is 21.6. The Balaban J connectivity index is 1.50. The van der Waals surface area contributed by atoms with E-state index in [2.05, 4.69) is 29.1 Å². The molecule has 0 saturated carbocycles. The van der Waals surface area contributed by atoms with Crippen molar-refractivity contribution < 1.29 is 9.53 Å². The van der Waals surface area contributed by atoms with Crippen LogP contribution in [0.1, 0.15) is 30.7 Å². The number of amides is 1. The molecule has 31 heavy (non-hydrogen) atoms. The number of hydrogen-bond acceptors (Lipinski definition) is 7. The number of nitrogens with one attached hydrogen (secondary N) is 1. The first kappa shape index (κ1) is 20.4. The normalized spacial score (nSPS) is 15.2. The van der Waals surface area contributed by atoms with Crippen molar-refractivity contribution in [1.29, 1.82) is 0 Å². The maximum Gasteiger partial charge on any atom is 0.234 e. The van der Waals surface area contributed by atoms with E-state index in [4.69, 9.17) is 9.72 Å². The minimum atomic E-state index is -0.220. The fourth-order valence-electron chi connectivity index (χ4n) is 3.90. The number of fused-ring (bicyclic) bond motifs is 5. The summed E-state index contributed by atoms with van der Waals surface area (Å²) < 4.78 is 7.02. The predicted octanol–water partition coefficient (Wildman–Crippen LogP) is 5.13. The van der Waals surface area contributed by atoms with Crippen molar-refractivity contribution in [1.82, 2.24) is 15.0 Å². The molecule has 0 fully saturated rings. The van der Waals surface area contributed by atoms with Crippen LogP contribution >= 0.6 is 23.1 Å². The second kappa shape index (κ2) is 7.85. The van der Waals surface area contributed by atoms with Gasteiger partial charge in [0, 0.05) is 28.8 Å². The molecular weight excluding hydrogens is 428 g/mol. The van der Waals surface area contributed by atoms with E-state index < -0.39 is 0 Å². The molecule has 3 aromatic heterocycles. The summed E-state index contributed by atoms with van der Waals surface area (Å²) in [6.45, 7) is 6.85. The summed E-state index contributed by atoms with van der Waals surface area (Å²) in [5, 5.41) is 4.84. The number of aromatic nitrogens is 3. The number of nitrogens with zero attached hydrogens (tertiary/aromatic N) is 3. The Labute approximate surface area is 188 Å². The van der Waals surface area contributed by atoms with Gasteiger partial charge < -0.3 is 10.1 Å².